The van der Waals surface area contributed by atoms with E-state index in [1.54, 1.807) is 48.5 Å². The van der Waals surface area contributed by atoms with Gasteiger partial charge in [0.25, 0.3) is 23.6 Å². The quantitative estimate of drug-likeness (QED) is 0.0251. The van der Waals surface area contributed by atoms with Gasteiger partial charge < -0.3 is 54.4 Å². The van der Waals surface area contributed by atoms with E-state index in [0.29, 0.717) is 68.5 Å². The number of nitriles is 1. The van der Waals surface area contributed by atoms with Crippen LogP contribution in [0.2, 0.25) is 0 Å². The number of piperazine rings is 1. The van der Waals surface area contributed by atoms with E-state index in [-0.39, 0.29) is 104 Å². The number of amides is 7. The molecule has 77 heavy (non-hydrogen) atoms. The summed E-state index contributed by atoms with van der Waals surface area (Å²) in [6, 6.07) is 21.7. The van der Waals surface area contributed by atoms with Gasteiger partial charge in [-0.05, 0) is 60.4 Å². The molecule has 0 spiro atoms. The number of fused-ring (bicyclic) bond motifs is 2. The number of carbonyl (C=O) groups is 7. The first-order chi connectivity index (χ1) is 37.1. The Bertz CT molecular complexity index is 3080. The fourth-order valence-corrected chi connectivity index (χ4v) is 8.61. The Balaban J connectivity index is 0.671. The summed E-state index contributed by atoms with van der Waals surface area (Å²) >= 11 is 0. The number of anilines is 5. The number of benzene rings is 3. The van der Waals surface area contributed by atoms with Crippen LogP contribution in [-0.2, 0) is 38.2 Å². The normalized spacial score (nSPS) is 15.7. The molecular weight excluding hydrogens is 995 g/mol. The smallest absolute Gasteiger partial charge is 0.268 e. The van der Waals surface area contributed by atoms with Gasteiger partial charge in [-0.25, -0.2) is 4.98 Å². The molecule has 1 unspecified atom stereocenters. The number of nitrogens with one attached hydrogen (secondary N) is 5. The van der Waals surface area contributed by atoms with Gasteiger partial charge in [-0.1, -0.05) is 39.0 Å². The summed E-state index contributed by atoms with van der Waals surface area (Å²) in [7, 11) is 0. The van der Waals surface area contributed by atoms with Crippen molar-refractivity contribution >= 4 is 81.1 Å². The van der Waals surface area contributed by atoms with Gasteiger partial charge >= 0.3 is 0 Å². The summed E-state index contributed by atoms with van der Waals surface area (Å²) in [5.74, 6) is -2.53. The van der Waals surface area contributed by atoms with Gasteiger partial charge in [0, 0.05) is 74.0 Å². The molecule has 5 heterocycles. The third-order valence-corrected chi connectivity index (χ3v) is 12.3. The lowest BCUT2D eigenvalue weighted by Crippen LogP contribution is -2.54. The standard InChI is InChI=1S/C54H59N11O12/c1-54(2,3)31-34(32-55)48(69)58-36-6-4-7-38(30-36)77-50-47-41(16-24-76-47)60-53(62-50)59-35-10-12-37(13-11-35)63-19-21-64(22-20-63)45(68)17-23-73-26-28-75-29-27-74-25-18-56-44(67)33-57-40-9-5-8-39-46(40)52(72)65(51(39)71)42-14-15-43(66)61-49(42)70/h4-13,16,24,30-31,42,57H,14-15,17-23,25-29,33H2,1-3H3,(H,56,67)(H,58,69)(H,59,60,62)(H,61,66,70)/b34-31+. The zero-order valence-electron chi connectivity index (χ0n) is 42.8. The number of hydrogen-bond acceptors (Lipinski definition) is 18. The maximum absolute atomic E-state index is 13.3. The van der Waals surface area contributed by atoms with Crippen LogP contribution < -0.4 is 36.2 Å². The molecule has 2 aromatic heterocycles. The van der Waals surface area contributed by atoms with Crippen molar-refractivity contribution in [1.82, 2.24) is 30.4 Å². The molecule has 0 bridgehead atoms. The van der Waals surface area contributed by atoms with Crippen LogP contribution in [0.15, 0.2) is 95.1 Å². The molecular formula is C54H59N11O12. The second-order valence-electron chi connectivity index (χ2n) is 19.1. The van der Waals surface area contributed by atoms with Gasteiger partial charge in [0.2, 0.25) is 35.2 Å². The molecule has 0 aliphatic carbocycles. The zero-order chi connectivity index (χ0) is 54.5. The predicted molar refractivity (Wildman–Crippen MR) is 280 cm³/mol. The van der Waals surface area contributed by atoms with E-state index in [0.717, 1.165) is 16.3 Å². The molecule has 402 valence electrons. The zero-order valence-corrected chi connectivity index (χ0v) is 42.8. The summed E-state index contributed by atoms with van der Waals surface area (Å²) in [5, 5.41) is 23.3. The Labute approximate surface area is 443 Å². The minimum atomic E-state index is -1.09. The Kier molecular flexibility index (Phi) is 17.9. The van der Waals surface area contributed by atoms with Crippen LogP contribution in [0, 0.1) is 16.7 Å². The van der Waals surface area contributed by atoms with Crippen LogP contribution in [0.3, 0.4) is 0 Å². The highest BCUT2D eigenvalue weighted by atomic mass is 16.5. The molecule has 5 N–H and O–H groups in total. The molecule has 7 amide bonds. The van der Waals surface area contributed by atoms with Crippen LogP contribution >= 0.6 is 0 Å². The van der Waals surface area contributed by atoms with Crippen molar-refractivity contribution in [3.8, 4) is 17.7 Å². The van der Waals surface area contributed by atoms with Gasteiger partial charge in [-0.15, -0.1) is 0 Å². The summed E-state index contributed by atoms with van der Waals surface area (Å²) in [5.41, 5.74) is 3.13. The van der Waals surface area contributed by atoms with E-state index in [2.05, 4.69) is 41.5 Å². The molecule has 3 aromatic carbocycles. The maximum atomic E-state index is 13.3. The average molecular weight is 1050 g/mol. The van der Waals surface area contributed by atoms with Gasteiger partial charge in [0.1, 0.15) is 29.0 Å². The molecule has 1 atom stereocenters. The van der Waals surface area contributed by atoms with E-state index in [4.69, 9.17) is 23.4 Å². The lowest BCUT2D eigenvalue weighted by molar-refractivity contribution is -0.136. The highest BCUT2D eigenvalue weighted by Crippen LogP contribution is 2.34. The third kappa shape index (κ3) is 14.4. The molecule has 3 aliphatic heterocycles. The number of piperidine rings is 1. The van der Waals surface area contributed by atoms with Gasteiger partial charge in [0.15, 0.2) is 0 Å². The first-order valence-corrected chi connectivity index (χ1v) is 25.1. The van der Waals surface area contributed by atoms with Crippen molar-refractivity contribution in [2.24, 2.45) is 5.41 Å². The monoisotopic (exact) mass is 1050 g/mol. The average Bonchev–Trinajstić information content (AvgIpc) is 4.03. The molecule has 0 radical (unpaired) electrons. The topological polar surface area (TPSA) is 289 Å². The predicted octanol–water partition coefficient (Wildman–Crippen LogP) is 4.91. The Morgan fingerprint density at radius 1 is 0.857 bits per heavy atom. The van der Waals surface area contributed by atoms with Crippen molar-refractivity contribution in [1.29, 1.82) is 5.26 Å². The number of ether oxygens (including phenoxy) is 4. The first-order valence-electron chi connectivity index (χ1n) is 25.1. The van der Waals surface area contributed by atoms with Gasteiger partial charge in [-0.3, -0.25) is 43.8 Å². The van der Waals surface area contributed by atoms with E-state index in [9.17, 15) is 38.8 Å². The van der Waals surface area contributed by atoms with Crippen molar-refractivity contribution < 1.29 is 56.9 Å². The SMILES string of the molecule is CC(C)(C)/C=C(\C#N)C(=O)Nc1cccc(Oc2nc(Nc3ccc(N4CCN(C(=O)CCOCCOCCOCCNC(=O)CNc5cccc6c5C(=O)N(C5CCC(=O)NC5=O)C6=O)CC4)cc3)nc3ccoc23)c1. The second-order valence-corrected chi connectivity index (χ2v) is 19.1. The van der Waals surface area contributed by atoms with Crippen LogP contribution in [0.5, 0.6) is 11.6 Å². The number of furan rings is 1. The van der Waals surface area contributed by atoms with E-state index in [1.165, 1.54) is 12.3 Å². The Morgan fingerprint density at radius 2 is 1.58 bits per heavy atom. The van der Waals surface area contributed by atoms with Gasteiger partial charge in [0.05, 0.1) is 70.0 Å². The summed E-state index contributed by atoms with van der Waals surface area (Å²) in [4.78, 5) is 103. The minimum absolute atomic E-state index is 0.00845. The van der Waals surface area contributed by atoms with E-state index < -0.39 is 35.6 Å². The minimum Gasteiger partial charge on any atom is -0.457 e. The highest BCUT2D eigenvalue weighted by molar-refractivity contribution is 6.25. The number of nitrogens with zero attached hydrogens (tertiary/aromatic N) is 6. The van der Waals surface area contributed by atoms with Gasteiger partial charge in [-0.2, -0.15) is 10.2 Å². The Morgan fingerprint density at radius 3 is 2.31 bits per heavy atom. The summed E-state index contributed by atoms with van der Waals surface area (Å²) in [6.07, 6.45) is 3.42. The summed E-state index contributed by atoms with van der Waals surface area (Å²) < 4.78 is 28.5. The molecule has 23 heteroatoms. The molecule has 8 rings (SSSR count). The molecule has 0 saturated carbocycles. The number of rotatable bonds is 23. The van der Waals surface area contributed by atoms with E-state index >= 15 is 0 Å². The number of aromatic nitrogens is 2. The summed E-state index contributed by atoms with van der Waals surface area (Å²) in [6.45, 7) is 9.95. The number of imide groups is 2. The number of hydrogen-bond donors (Lipinski definition) is 5. The third-order valence-electron chi connectivity index (χ3n) is 12.3. The molecule has 5 aromatic rings. The largest absolute Gasteiger partial charge is 0.457 e. The van der Waals surface area contributed by atoms with Crippen molar-refractivity contribution in [3.05, 3.63) is 102 Å². The molecule has 3 aliphatic rings. The Hall–Kier alpha value is -8.72. The van der Waals surface area contributed by atoms with Crippen LogP contribution in [-0.4, -0.2) is 146 Å². The van der Waals surface area contributed by atoms with Crippen molar-refractivity contribution in [2.45, 2.75) is 46.1 Å². The first kappa shape index (κ1) is 54.5. The van der Waals surface area contributed by atoms with Crippen LogP contribution in [0.4, 0.5) is 28.7 Å². The highest BCUT2D eigenvalue weighted by Gasteiger charge is 2.45. The molecule has 23 nitrogen and oxygen atoms in total. The van der Waals surface area contributed by atoms with Crippen LogP contribution in [0.25, 0.3) is 11.1 Å². The number of carbonyl (C=O) groups excluding carboxylic acids is 7. The fourth-order valence-electron chi connectivity index (χ4n) is 8.61. The van der Waals surface area contributed by atoms with Crippen molar-refractivity contribution in [2.75, 3.05) is 99.8 Å². The lowest BCUT2D eigenvalue weighted by atomic mass is 9.93. The molecule has 2 saturated heterocycles. The second kappa shape index (κ2) is 25.2. The maximum Gasteiger partial charge on any atom is 0.268 e. The van der Waals surface area contributed by atoms with Crippen LogP contribution in [0.1, 0.15) is 60.7 Å². The lowest BCUT2D eigenvalue weighted by Gasteiger charge is -2.36. The van der Waals surface area contributed by atoms with Crippen molar-refractivity contribution in [3.63, 3.8) is 0 Å². The molecule has 2 fully saturated rings. The fraction of sp³-hybridized carbons (Fsp3) is 0.370. The number of allylic oxidation sites excluding steroid dienone is 1. The van der Waals surface area contributed by atoms with E-state index in [1.807, 2.05) is 56.0 Å².